The highest BCUT2D eigenvalue weighted by molar-refractivity contribution is 5.13. The van der Waals surface area contributed by atoms with Crippen molar-refractivity contribution in [3.8, 4) is 0 Å². The molecule has 1 atom stereocenters. The highest BCUT2D eigenvalue weighted by Crippen LogP contribution is 2.13. The molecule has 0 amide bonds. The number of nitrogens with zero attached hydrogens (tertiary/aromatic N) is 5. The van der Waals surface area contributed by atoms with E-state index in [9.17, 15) is 0 Å². The maximum absolute atomic E-state index is 5.98. The molecule has 0 aliphatic heterocycles. The van der Waals surface area contributed by atoms with E-state index in [-0.39, 0.29) is 6.04 Å². The number of rotatable bonds is 2. The molecule has 6 heteroatoms. The predicted octanol–water partition coefficient (Wildman–Crippen LogP) is -0.403. The van der Waals surface area contributed by atoms with Crippen molar-refractivity contribution in [3.63, 3.8) is 0 Å². The van der Waals surface area contributed by atoms with Gasteiger partial charge in [-0.3, -0.25) is 0 Å². The molecule has 2 heterocycles. The molecule has 2 aromatic heterocycles. The van der Waals surface area contributed by atoms with E-state index in [4.69, 9.17) is 5.73 Å². The molecule has 1 unspecified atom stereocenters. The van der Waals surface area contributed by atoms with Crippen LogP contribution >= 0.6 is 0 Å². The number of aromatic nitrogens is 5. The minimum atomic E-state index is -0.316. The highest BCUT2D eigenvalue weighted by Gasteiger charge is 2.16. The summed E-state index contributed by atoms with van der Waals surface area (Å²) in [6.45, 7) is 0. The van der Waals surface area contributed by atoms with Crippen LogP contribution in [0.15, 0.2) is 18.9 Å². The molecule has 2 N–H and O–H groups in total. The van der Waals surface area contributed by atoms with Gasteiger partial charge in [-0.15, -0.1) is 10.2 Å². The third kappa shape index (κ3) is 1.39. The second kappa shape index (κ2) is 3.22. The fourth-order valence-corrected chi connectivity index (χ4v) is 1.30. The molecular formula is C8H12N6. The second-order valence-corrected chi connectivity index (χ2v) is 3.24. The molecule has 0 saturated carbocycles. The third-order valence-corrected chi connectivity index (χ3v) is 2.07. The molecule has 2 rings (SSSR count). The lowest BCUT2D eigenvalue weighted by molar-refractivity contribution is 0.700. The zero-order valence-electron chi connectivity index (χ0n) is 8.12. The topological polar surface area (TPSA) is 74.6 Å². The summed E-state index contributed by atoms with van der Waals surface area (Å²) in [5.41, 5.74) is 6.77. The first-order valence-corrected chi connectivity index (χ1v) is 4.26. The molecule has 0 aliphatic carbocycles. The fourth-order valence-electron chi connectivity index (χ4n) is 1.30. The van der Waals surface area contributed by atoms with Crippen LogP contribution in [0, 0.1) is 0 Å². The normalized spacial score (nSPS) is 13.1. The molecule has 6 nitrogen and oxygen atoms in total. The first-order valence-electron chi connectivity index (χ1n) is 4.26. The van der Waals surface area contributed by atoms with Gasteiger partial charge in [0.1, 0.15) is 12.4 Å². The Morgan fingerprint density at radius 2 is 2.14 bits per heavy atom. The lowest BCUT2D eigenvalue weighted by Gasteiger charge is -2.06. The summed E-state index contributed by atoms with van der Waals surface area (Å²) in [6, 6.07) is -0.316. The lowest BCUT2D eigenvalue weighted by Crippen LogP contribution is -2.16. The first-order chi connectivity index (χ1) is 6.68. The van der Waals surface area contributed by atoms with E-state index in [2.05, 4.69) is 15.2 Å². The van der Waals surface area contributed by atoms with Gasteiger partial charge in [-0.25, -0.2) is 4.98 Å². The van der Waals surface area contributed by atoms with Crippen molar-refractivity contribution in [2.75, 3.05) is 0 Å². The van der Waals surface area contributed by atoms with Gasteiger partial charge in [-0.1, -0.05) is 0 Å². The molecule has 0 bridgehead atoms. The SMILES string of the molecule is Cn1cnc(C(N)c2nncn2C)c1. The van der Waals surface area contributed by atoms with Gasteiger partial charge >= 0.3 is 0 Å². The van der Waals surface area contributed by atoms with E-state index >= 15 is 0 Å². The van der Waals surface area contributed by atoms with Gasteiger partial charge in [-0.2, -0.15) is 0 Å². The quantitative estimate of drug-likeness (QED) is 0.702. The summed E-state index contributed by atoms with van der Waals surface area (Å²) < 4.78 is 3.64. The zero-order valence-corrected chi connectivity index (χ0v) is 8.12. The van der Waals surface area contributed by atoms with Gasteiger partial charge < -0.3 is 14.9 Å². The van der Waals surface area contributed by atoms with Gasteiger partial charge in [0.2, 0.25) is 0 Å². The number of nitrogens with two attached hydrogens (primary N) is 1. The fraction of sp³-hybridized carbons (Fsp3) is 0.375. The Morgan fingerprint density at radius 1 is 1.36 bits per heavy atom. The molecule has 14 heavy (non-hydrogen) atoms. The Bertz CT molecular complexity index is 428. The van der Waals surface area contributed by atoms with Crippen LogP contribution in [0.1, 0.15) is 17.6 Å². The molecule has 0 fully saturated rings. The van der Waals surface area contributed by atoms with Crippen molar-refractivity contribution in [2.24, 2.45) is 19.8 Å². The van der Waals surface area contributed by atoms with E-state index in [1.54, 1.807) is 17.2 Å². The summed E-state index contributed by atoms with van der Waals surface area (Å²) in [7, 11) is 3.76. The highest BCUT2D eigenvalue weighted by atomic mass is 15.3. The second-order valence-electron chi connectivity index (χ2n) is 3.24. The Kier molecular flexibility index (Phi) is 2.05. The van der Waals surface area contributed by atoms with Crippen LogP contribution < -0.4 is 5.73 Å². The van der Waals surface area contributed by atoms with Crippen LogP contribution in [0.5, 0.6) is 0 Å². The summed E-state index contributed by atoms with van der Waals surface area (Å²) in [5.74, 6) is 0.712. The monoisotopic (exact) mass is 192 g/mol. The predicted molar refractivity (Wildman–Crippen MR) is 50.2 cm³/mol. The Labute approximate surface area is 81.4 Å². The Hall–Kier alpha value is -1.69. The number of hydrogen-bond donors (Lipinski definition) is 1. The van der Waals surface area contributed by atoms with Crippen LogP contribution in [0.25, 0.3) is 0 Å². The molecule has 0 saturated heterocycles. The number of aryl methyl sites for hydroxylation is 2. The van der Waals surface area contributed by atoms with E-state index in [0.29, 0.717) is 5.82 Å². The van der Waals surface area contributed by atoms with Gasteiger partial charge in [0.25, 0.3) is 0 Å². The maximum atomic E-state index is 5.98. The summed E-state index contributed by atoms with van der Waals surface area (Å²) >= 11 is 0. The van der Waals surface area contributed by atoms with Crippen molar-refractivity contribution in [1.82, 2.24) is 24.3 Å². The maximum Gasteiger partial charge on any atom is 0.155 e. The molecule has 0 radical (unpaired) electrons. The van der Waals surface area contributed by atoms with Crippen LogP contribution in [-0.2, 0) is 14.1 Å². The molecule has 0 aromatic carbocycles. The van der Waals surface area contributed by atoms with Gasteiger partial charge in [-0.05, 0) is 0 Å². The van der Waals surface area contributed by atoms with Gasteiger partial charge in [0.15, 0.2) is 5.82 Å². The zero-order chi connectivity index (χ0) is 10.1. The largest absolute Gasteiger partial charge is 0.340 e. The Balaban J connectivity index is 2.33. The summed E-state index contributed by atoms with van der Waals surface area (Å²) in [4.78, 5) is 4.17. The minimum absolute atomic E-state index is 0.316. The van der Waals surface area contributed by atoms with Crippen molar-refractivity contribution < 1.29 is 0 Å². The van der Waals surface area contributed by atoms with Crippen molar-refractivity contribution >= 4 is 0 Å². The van der Waals surface area contributed by atoms with Crippen LogP contribution in [0.4, 0.5) is 0 Å². The molecule has 0 spiro atoms. The van der Waals surface area contributed by atoms with E-state index in [1.807, 2.05) is 24.9 Å². The Morgan fingerprint density at radius 3 is 2.64 bits per heavy atom. The van der Waals surface area contributed by atoms with Gasteiger partial charge in [0, 0.05) is 20.3 Å². The van der Waals surface area contributed by atoms with E-state index < -0.39 is 0 Å². The summed E-state index contributed by atoms with van der Waals surface area (Å²) in [6.07, 6.45) is 5.21. The van der Waals surface area contributed by atoms with Crippen LogP contribution in [0.2, 0.25) is 0 Å². The summed E-state index contributed by atoms with van der Waals surface area (Å²) in [5, 5.41) is 7.71. The minimum Gasteiger partial charge on any atom is -0.340 e. The first kappa shape index (κ1) is 8.89. The molecule has 0 aliphatic rings. The van der Waals surface area contributed by atoms with E-state index in [1.165, 1.54) is 0 Å². The standard InChI is InChI=1S/C8H12N6/c1-13-3-6(10-4-13)7(9)8-12-11-5-14(8)2/h3-5,7H,9H2,1-2H3. The van der Waals surface area contributed by atoms with Crippen LogP contribution in [-0.4, -0.2) is 24.3 Å². The smallest absolute Gasteiger partial charge is 0.155 e. The van der Waals surface area contributed by atoms with Crippen molar-refractivity contribution in [2.45, 2.75) is 6.04 Å². The average Bonchev–Trinajstić information content (AvgIpc) is 2.73. The van der Waals surface area contributed by atoms with Crippen LogP contribution in [0.3, 0.4) is 0 Å². The third-order valence-electron chi connectivity index (χ3n) is 2.07. The van der Waals surface area contributed by atoms with Crippen molar-refractivity contribution in [1.29, 1.82) is 0 Å². The molecular weight excluding hydrogens is 180 g/mol. The molecule has 2 aromatic rings. The number of imidazole rings is 1. The number of hydrogen-bond acceptors (Lipinski definition) is 4. The average molecular weight is 192 g/mol. The van der Waals surface area contributed by atoms with Gasteiger partial charge in [0.05, 0.1) is 12.0 Å². The van der Waals surface area contributed by atoms with Crippen molar-refractivity contribution in [3.05, 3.63) is 30.4 Å². The lowest BCUT2D eigenvalue weighted by atomic mass is 10.2. The molecule has 74 valence electrons. The van der Waals surface area contributed by atoms with E-state index in [0.717, 1.165) is 5.69 Å².